The van der Waals surface area contributed by atoms with Crippen molar-refractivity contribution < 1.29 is 4.42 Å². The topological polar surface area (TPSA) is 42.2 Å². The second-order valence-electron chi connectivity index (χ2n) is 3.60. The van der Waals surface area contributed by atoms with Crippen molar-refractivity contribution in [2.75, 3.05) is 12.4 Å². The van der Waals surface area contributed by atoms with Crippen molar-refractivity contribution in [3.8, 4) is 0 Å². The van der Waals surface area contributed by atoms with E-state index in [1.807, 2.05) is 32.2 Å². The SMILES string of the molecule is CNc1ccc2c(C)c(C)c(=O)oc2c1. The van der Waals surface area contributed by atoms with E-state index in [0.717, 1.165) is 16.6 Å². The number of anilines is 1. The molecule has 0 aliphatic rings. The summed E-state index contributed by atoms with van der Waals surface area (Å²) in [6.45, 7) is 3.72. The van der Waals surface area contributed by atoms with Gasteiger partial charge >= 0.3 is 5.63 Å². The van der Waals surface area contributed by atoms with Gasteiger partial charge in [-0.25, -0.2) is 4.79 Å². The fourth-order valence-corrected chi connectivity index (χ4v) is 1.60. The molecular formula is C12H13NO2. The molecule has 0 saturated carbocycles. The summed E-state index contributed by atoms with van der Waals surface area (Å²) in [7, 11) is 1.83. The molecule has 0 bridgehead atoms. The van der Waals surface area contributed by atoms with E-state index in [4.69, 9.17) is 4.42 Å². The molecule has 0 amide bonds. The van der Waals surface area contributed by atoms with Crippen LogP contribution in [0.2, 0.25) is 0 Å². The monoisotopic (exact) mass is 203 g/mol. The van der Waals surface area contributed by atoms with Gasteiger partial charge in [0.2, 0.25) is 0 Å². The minimum atomic E-state index is -0.256. The number of hydrogen-bond donors (Lipinski definition) is 1. The minimum Gasteiger partial charge on any atom is -0.422 e. The normalized spacial score (nSPS) is 10.6. The molecule has 0 saturated heterocycles. The summed E-state index contributed by atoms with van der Waals surface area (Å²) in [5.74, 6) is 0. The van der Waals surface area contributed by atoms with Gasteiger partial charge in [0.1, 0.15) is 5.58 Å². The van der Waals surface area contributed by atoms with Gasteiger partial charge in [-0.3, -0.25) is 0 Å². The Kier molecular flexibility index (Phi) is 2.23. The third-order valence-corrected chi connectivity index (χ3v) is 2.75. The Labute approximate surface area is 87.7 Å². The molecule has 0 aliphatic heterocycles. The van der Waals surface area contributed by atoms with E-state index >= 15 is 0 Å². The Morgan fingerprint density at radius 2 is 1.93 bits per heavy atom. The van der Waals surface area contributed by atoms with Crippen LogP contribution < -0.4 is 10.9 Å². The molecule has 0 spiro atoms. The summed E-state index contributed by atoms with van der Waals surface area (Å²) in [5.41, 5.74) is 2.99. The lowest BCUT2D eigenvalue weighted by Crippen LogP contribution is -2.05. The number of benzene rings is 1. The summed E-state index contributed by atoms with van der Waals surface area (Å²) in [6.07, 6.45) is 0. The molecule has 0 atom stereocenters. The molecule has 1 heterocycles. The van der Waals surface area contributed by atoms with E-state index in [1.165, 1.54) is 0 Å². The first-order chi connectivity index (χ1) is 7.13. The van der Waals surface area contributed by atoms with Crippen molar-refractivity contribution >= 4 is 16.7 Å². The van der Waals surface area contributed by atoms with Crippen molar-refractivity contribution in [1.29, 1.82) is 0 Å². The number of hydrogen-bond acceptors (Lipinski definition) is 3. The summed E-state index contributed by atoms with van der Waals surface area (Å²) >= 11 is 0. The zero-order valence-corrected chi connectivity index (χ0v) is 9.05. The van der Waals surface area contributed by atoms with Gasteiger partial charge in [-0.2, -0.15) is 0 Å². The zero-order chi connectivity index (χ0) is 11.0. The van der Waals surface area contributed by atoms with Gasteiger partial charge < -0.3 is 9.73 Å². The first-order valence-corrected chi connectivity index (χ1v) is 4.85. The van der Waals surface area contributed by atoms with Crippen molar-refractivity contribution in [3.63, 3.8) is 0 Å². The van der Waals surface area contributed by atoms with Crippen LogP contribution in [0.1, 0.15) is 11.1 Å². The van der Waals surface area contributed by atoms with E-state index in [9.17, 15) is 4.79 Å². The molecule has 3 heteroatoms. The summed E-state index contributed by atoms with van der Waals surface area (Å²) in [5, 5.41) is 4.00. The first kappa shape index (κ1) is 9.77. The zero-order valence-electron chi connectivity index (χ0n) is 9.05. The highest BCUT2D eigenvalue weighted by atomic mass is 16.4. The molecule has 2 rings (SSSR count). The molecule has 2 aromatic rings. The van der Waals surface area contributed by atoms with E-state index in [1.54, 1.807) is 6.92 Å². The lowest BCUT2D eigenvalue weighted by atomic mass is 10.1. The molecule has 1 aromatic carbocycles. The molecule has 15 heavy (non-hydrogen) atoms. The average molecular weight is 203 g/mol. The number of aryl methyl sites for hydroxylation is 1. The Hall–Kier alpha value is -1.77. The Morgan fingerprint density at radius 1 is 1.20 bits per heavy atom. The predicted molar refractivity (Wildman–Crippen MR) is 61.5 cm³/mol. The fourth-order valence-electron chi connectivity index (χ4n) is 1.60. The number of nitrogens with one attached hydrogen (secondary N) is 1. The van der Waals surface area contributed by atoms with Crippen LogP contribution >= 0.6 is 0 Å². The van der Waals surface area contributed by atoms with E-state index in [2.05, 4.69) is 5.32 Å². The molecule has 1 N–H and O–H groups in total. The highest BCUT2D eigenvalue weighted by molar-refractivity contribution is 5.84. The van der Waals surface area contributed by atoms with Crippen molar-refractivity contribution in [2.24, 2.45) is 0 Å². The highest BCUT2D eigenvalue weighted by Crippen LogP contribution is 2.22. The van der Waals surface area contributed by atoms with Gasteiger partial charge in [0.15, 0.2) is 0 Å². The minimum absolute atomic E-state index is 0.256. The van der Waals surface area contributed by atoms with Gasteiger partial charge in [0, 0.05) is 29.8 Å². The van der Waals surface area contributed by atoms with Gasteiger partial charge in [-0.05, 0) is 31.5 Å². The first-order valence-electron chi connectivity index (χ1n) is 4.85. The maximum absolute atomic E-state index is 11.5. The molecule has 3 nitrogen and oxygen atoms in total. The van der Waals surface area contributed by atoms with Crippen LogP contribution in [0.3, 0.4) is 0 Å². The van der Waals surface area contributed by atoms with Crippen molar-refractivity contribution in [2.45, 2.75) is 13.8 Å². The maximum Gasteiger partial charge on any atom is 0.339 e. The Balaban J connectivity index is 2.86. The molecule has 0 radical (unpaired) electrons. The third kappa shape index (κ3) is 1.50. The van der Waals surface area contributed by atoms with Crippen LogP contribution in [-0.4, -0.2) is 7.05 Å². The lowest BCUT2D eigenvalue weighted by Gasteiger charge is -2.05. The molecule has 0 aliphatic carbocycles. The maximum atomic E-state index is 11.5. The van der Waals surface area contributed by atoms with Crippen LogP contribution in [-0.2, 0) is 0 Å². The number of fused-ring (bicyclic) bond motifs is 1. The van der Waals surface area contributed by atoms with Crippen molar-refractivity contribution in [3.05, 3.63) is 39.7 Å². The molecule has 78 valence electrons. The molecule has 1 aromatic heterocycles. The predicted octanol–water partition coefficient (Wildman–Crippen LogP) is 2.45. The standard InChI is InChI=1S/C12H13NO2/c1-7-8(2)12(14)15-11-6-9(13-3)4-5-10(7)11/h4-6,13H,1-3H3. The Morgan fingerprint density at radius 3 is 2.60 bits per heavy atom. The van der Waals surface area contributed by atoms with Gasteiger partial charge in [0.25, 0.3) is 0 Å². The third-order valence-electron chi connectivity index (χ3n) is 2.75. The quantitative estimate of drug-likeness (QED) is 0.724. The van der Waals surface area contributed by atoms with Gasteiger partial charge in [-0.15, -0.1) is 0 Å². The smallest absolute Gasteiger partial charge is 0.339 e. The van der Waals surface area contributed by atoms with Crippen LogP contribution in [0, 0.1) is 13.8 Å². The van der Waals surface area contributed by atoms with Crippen molar-refractivity contribution in [1.82, 2.24) is 0 Å². The molecule has 0 unspecified atom stereocenters. The summed E-state index contributed by atoms with van der Waals surface area (Å²) in [4.78, 5) is 11.5. The van der Waals surface area contributed by atoms with E-state index in [0.29, 0.717) is 11.1 Å². The summed E-state index contributed by atoms with van der Waals surface area (Å²) in [6, 6.07) is 5.77. The molecular weight excluding hydrogens is 190 g/mol. The van der Waals surface area contributed by atoms with Gasteiger partial charge in [0.05, 0.1) is 0 Å². The second-order valence-corrected chi connectivity index (χ2v) is 3.60. The van der Waals surface area contributed by atoms with Gasteiger partial charge in [-0.1, -0.05) is 0 Å². The largest absolute Gasteiger partial charge is 0.422 e. The van der Waals surface area contributed by atoms with Crippen LogP contribution in [0.25, 0.3) is 11.0 Å². The number of rotatable bonds is 1. The van der Waals surface area contributed by atoms with Crippen LogP contribution in [0.5, 0.6) is 0 Å². The summed E-state index contributed by atoms with van der Waals surface area (Å²) < 4.78 is 5.22. The van der Waals surface area contributed by atoms with Crippen LogP contribution in [0.15, 0.2) is 27.4 Å². The fraction of sp³-hybridized carbons (Fsp3) is 0.250. The van der Waals surface area contributed by atoms with Crippen LogP contribution in [0.4, 0.5) is 5.69 Å². The molecule has 0 fully saturated rings. The Bertz CT molecular complexity index is 570. The average Bonchev–Trinajstić information content (AvgIpc) is 2.25. The second kappa shape index (κ2) is 3.42. The van der Waals surface area contributed by atoms with E-state index < -0.39 is 0 Å². The lowest BCUT2D eigenvalue weighted by molar-refractivity contribution is 0.554. The van der Waals surface area contributed by atoms with E-state index in [-0.39, 0.29) is 5.63 Å². The highest BCUT2D eigenvalue weighted by Gasteiger charge is 2.07.